The second kappa shape index (κ2) is 10.5. The summed E-state index contributed by atoms with van der Waals surface area (Å²) in [4.78, 5) is 25.6. The first-order valence-electron chi connectivity index (χ1n) is 10.9. The Hall–Kier alpha value is -4.39. The summed E-state index contributed by atoms with van der Waals surface area (Å²) in [6, 6.07) is 24.9. The summed E-state index contributed by atoms with van der Waals surface area (Å²) < 4.78 is 7.04. The predicted molar refractivity (Wildman–Crippen MR) is 132 cm³/mol. The highest BCUT2D eigenvalue weighted by molar-refractivity contribution is 6.03. The van der Waals surface area contributed by atoms with Crippen LogP contribution in [0.1, 0.15) is 21.5 Å². The average molecular weight is 455 g/mol. The zero-order chi connectivity index (χ0) is 23.9. The molecule has 7 nitrogen and oxygen atoms in total. The van der Waals surface area contributed by atoms with Crippen molar-refractivity contribution in [2.24, 2.45) is 0 Å². The number of nitrogens with one attached hydrogen (secondary N) is 2. The third-order valence-electron chi connectivity index (χ3n) is 5.28. The summed E-state index contributed by atoms with van der Waals surface area (Å²) in [5.74, 6) is -0.168. The fourth-order valence-electron chi connectivity index (χ4n) is 3.62. The number of benzene rings is 3. The van der Waals surface area contributed by atoms with E-state index in [1.54, 1.807) is 24.1 Å². The van der Waals surface area contributed by atoms with Gasteiger partial charge in [0, 0.05) is 11.8 Å². The Morgan fingerprint density at radius 3 is 2.38 bits per heavy atom. The topological polar surface area (TPSA) is 85.3 Å². The van der Waals surface area contributed by atoms with Gasteiger partial charge in [0.05, 0.1) is 31.5 Å². The predicted octanol–water partition coefficient (Wildman–Crippen LogP) is 4.28. The summed E-state index contributed by atoms with van der Waals surface area (Å²) in [6.07, 6.45) is 1.71. The Bertz CT molecular complexity index is 1280. The van der Waals surface area contributed by atoms with Gasteiger partial charge in [0.2, 0.25) is 5.91 Å². The summed E-state index contributed by atoms with van der Waals surface area (Å²) in [6.45, 7) is 2.27. The SMILES string of the molecule is COc1ccc(C)cc1NC(=O)CNC(=O)c1cn(Cc2ccccc2)nc1-c1ccccc1. The van der Waals surface area contributed by atoms with Crippen LogP contribution in [0, 0.1) is 6.92 Å². The average Bonchev–Trinajstić information content (AvgIpc) is 3.28. The number of aromatic nitrogens is 2. The first kappa shape index (κ1) is 22.8. The molecule has 0 aliphatic carbocycles. The first-order chi connectivity index (χ1) is 16.5. The summed E-state index contributed by atoms with van der Waals surface area (Å²) >= 11 is 0. The van der Waals surface area contributed by atoms with E-state index in [-0.39, 0.29) is 18.4 Å². The number of hydrogen-bond donors (Lipinski definition) is 2. The van der Waals surface area contributed by atoms with Gasteiger partial charge in [-0.1, -0.05) is 66.7 Å². The lowest BCUT2D eigenvalue weighted by Crippen LogP contribution is -2.33. The van der Waals surface area contributed by atoms with Gasteiger partial charge in [-0.15, -0.1) is 0 Å². The fraction of sp³-hybridized carbons (Fsp3) is 0.148. The molecule has 0 saturated carbocycles. The lowest BCUT2D eigenvalue weighted by molar-refractivity contribution is -0.115. The molecule has 0 aliphatic heterocycles. The van der Waals surface area contributed by atoms with Crippen molar-refractivity contribution in [1.82, 2.24) is 15.1 Å². The van der Waals surface area contributed by atoms with Gasteiger partial charge in [-0.3, -0.25) is 14.3 Å². The lowest BCUT2D eigenvalue weighted by Gasteiger charge is -2.11. The molecule has 2 amide bonds. The van der Waals surface area contributed by atoms with Gasteiger partial charge >= 0.3 is 0 Å². The minimum atomic E-state index is -0.371. The van der Waals surface area contributed by atoms with E-state index in [4.69, 9.17) is 4.74 Å². The third kappa shape index (κ3) is 5.50. The number of carbonyl (C=O) groups excluding carboxylic acids is 2. The molecular formula is C27H26N4O3. The molecule has 2 N–H and O–H groups in total. The van der Waals surface area contributed by atoms with E-state index in [1.165, 1.54) is 0 Å². The van der Waals surface area contributed by atoms with Crippen LogP contribution in [-0.4, -0.2) is 35.2 Å². The van der Waals surface area contributed by atoms with Crippen LogP contribution in [-0.2, 0) is 11.3 Å². The number of ether oxygens (including phenoxy) is 1. The first-order valence-corrected chi connectivity index (χ1v) is 10.9. The number of rotatable bonds is 8. The van der Waals surface area contributed by atoms with Crippen molar-refractivity contribution in [3.63, 3.8) is 0 Å². The van der Waals surface area contributed by atoms with Crippen LogP contribution < -0.4 is 15.4 Å². The van der Waals surface area contributed by atoms with Crippen LogP contribution in [0.4, 0.5) is 5.69 Å². The molecule has 4 aromatic rings. The van der Waals surface area contributed by atoms with Gasteiger partial charge in [-0.05, 0) is 30.2 Å². The van der Waals surface area contributed by atoms with Crippen molar-refractivity contribution < 1.29 is 14.3 Å². The van der Waals surface area contributed by atoms with Gasteiger partial charge in [0.25, 0.3) is 5.91 Å². The Balaban J connectivity index is 1.50. The van der Waals surface area contributed by atoms with Gasteiger partial charge in [-0.2, -0.15) is 5.10 Å². The molecule has 0 aliphatic rings. The van der Waals surface area contributed by atoms with Crippen LogP contribution in [0.15, 0.2) is 85.1 Å². The maximum atomic E-state index is 13.1. The third-order valence-corrected chi connectivity index (χ3v) is 5.28. The minimum absolute atomic E-state index is 0.186. The molecule has 0 saturated heterocycles. The molecule has 172 valence electrons. The van der Waals surface area contributed by atoms with Crippen LogP contribution >= 0.6 is 0 Å². The number of methoxy groups -OCH3 is 1. The fourth-order valence-corrected chi connectivity index (χ4v) is 3.62. The van der Waals surface area contributed by atoms with Gasteiger partial charge in [-0.25, -0.2) is 0 Å². The molecule has 4 rings (SSSR count). The quantitative estimate of drug-likeness (QED) is 0.416. The molecule has 3 aromatic carbocycles. The van der Waals surface area contributed by atoms with E-state index in [9.17, 15) is 9.59 Å². The number of anilines is 1. The molecule has 34 heavy (non-hydrogen) atoms. The zero-order valence-electron chi connectivity index (χ0n) is 19.1. The number of nitrogens with zero attached hydrogens (tertiary/aromatic N) is 2. The van der Waals surface area contributed by atoms with Crippen molar-refractivity contribution in [2.45, 2.75) is 13.5 Å². The van der Waals surface area contributed by atoms with E-state index in [2.05, 4.69) is 15.7 Å². The van der Waals surface area contributed by atoms with Crippen molar-refractivity contribution in [3.05, 3.63) is 102 Å². The molecule has 7 heteroatoms. The molecule has 0 bridgehead atoms. The maximum Gasteiger partial charge on any atom is 0.255 e. The Morgan fingerprint density at radius 2 is 1.68 bits per heavy atom. The van der Waals surface area contributed by atoms with Gasteiger partial charge in [0.15, 0.2) is 0 Å². The molecular weight excluding hydrogens is 428 g/mol. The molecule has 1 heterocycles. The maximum absolute atomic E-state index is 13.1. The number of hydrogen-bond acceptors (Lipinski definition) is 4. The van der Waals surface area contributed by atoms with Crippen LogP contribution in [0.2, 0.25) is 0 Å². The zero-order valence-corrected chi connectivity index (χ0v) is 19.1. The van der Waals surface area contributed by atoms with Crippen LogP contribution in [0.3, 0.4) is 0 Å². The van der Waals surface area contributed by atoms with E-state index in [0.717, 1.165) is 16.7 Å². The summed E-state index contributed by atoms with van der Waals surface area (Å²) in [5, 5.41) is 10.2. The number of amides is 2. The van der Waals surface area contributed by atoms with Crippen molar-refractivity contribution in [2.75, 3.05) is 19.0 Å². The van der Waals surface area contributed by atoms with Crippen LogP contribution in [0.5, 0.6) is 5.75 Å². The molecule has 0 fully saturated rings. The van der Waals surface area contributed by atoms with E-state index >= 15 is 0 Å². The molecule has 0 unspecified atom stereocenters. The highest BCUT2D eigenvalue weighted by atomic mass is 16.5. The highest BCUT2D eigenvalue weighted by Gasteiger charge is 2.19. The standard InChI is InChI=1S/C27H26N4O3/c1-19-13-14-24(34-2)23(15-19)29-25(32)16-28-27(33)22-18-31(17-20-9-5-3-6-10-20)30-26(22)21-11-7-4-8-12-21/h3-15,18H,16-17H2,1-2H3,(H,28,33)(H,29,32). The van der Waals surface area contributed by atoms with Crippen molar-refractivity contribution >= 4 is 17.5 Å². The summed E-state index contributed by atoms with van der Waals surface area (Å²) in [5.41, 5.74) is 4.41. The van der Waals surface area contributed by atoms with E-state index in [1.807, 2.05) is 79.7 Å². The lowest BCUT2D eigenvalue weighted by atomic mass is 10.1. The Labute approximate surface area is 198 Å². The summed E-state index contributed by atoms with van der Waals surface area (Å²) in [7, 11) is 1.54. The Kier molecular flexibility index (Phi) is 7.03. The second-order valence-corrected chi connectivity index (χ2v) is 7.88. The molecule has 0 radical (unpaired) electrons. The Morgan fingerprint density at radius 1 is 0.971 bits per heavy atom. The highest BCUT2D eigenvalue weighted by Crippen LogP contribution is 2.25. The normalized spacial score (nSPS) is 10.5. The monoisotopic (exact) mass is 454 g/mol. The second-order valence-electron chi connectivity index (χ2n) is 7.88. The number of carbonyl (C=O) groups is 2. The molecule has 1 aromatic heterocycles. The van der Waals surface area contributed by atoms with Gasteiger partial charge < -0.3 is 15.4 Å². The molecule has 0 spiro atoms. The number of aryl methyl sites for hydroxylation is 1. The smallest absolute Gasteiger partial charge is 0.255 e. The van der Waals surface area contributed by atoms with Crippen LogP contribution in [0.25, 0.3) is 11.3 Å². The van der Waals surface area contributed by atoms with E-state index in [0.29, 0.717) is 29.2 Å². The largest absolute Gasteiger partial charge is 0.495 e. The van der Waals surface area contributed by atoms with Crippen molar-refractivity contribution in [1.29, 1.82) is 0 Å². The van der Waals surface area contributed by atoms with Gasteiger partial charge in [0.1, 0.15) is 11.4 Å². The van der Waals surface area contributed by atoms with Crippen molar-refractivity contribution in [3.8, 4) is 17.0 Å². The minimum Gasteiger partial charge on any atom is -0.495 e. The molecule has 0 atom stereocenters. The van der Waals surface area contributed by atoms with E-state index < -0.39 is 0 Å².